The molecular weight excluding hydrogens is 242 g/mol. The summed E-state index contributed by atoms with van der Waals surface area (Å²) in [5.74, 6) is -1.15. The Kier molecular flexibility index (Phi) is 5.29. The fourth-order valence-corrected chi connectivity index (χ4v) is 1.65. The Balaban J connectivity index is 2.98. The van der Waals surface area contributed by atoms with Crippen LogP contribution in [-0.2, 0) is 9.53 Å². The lowest BCUT2D eigenvalue weighted by atomic mass is 9.99. The molecule has 18 heavy (non-hydrogen) atoms. The molecule has 0 aliphatic carbocycles. The quantitative estimate of drug-likeness (QED) is 0.441. The molecule has 0 saturated carbocycles. The van der Waals surface area contributed by atoms with E-state index in [4.69, 9.17) is 9.84 Å². The van der Waals surface area contributed by atoms with Crippen LogP contribution in [0, 0.1) is 0 Å². The van der Waals surface area contributed by atoms with Crippen molar-refractivity contribution in [3.63, 3.8) is 0 Å². The fourth-order valence-electron chi connectivity index (χ4n) is 1.65. The number of carbonyl (C=O) groups is 1. The van der Waals surface area contributed by atoms with Gasteiger partial charge in [0, 0.05) is 0 Å². The Hall–Kier alpha value is -1.41. The lowest BCUT2D eigenvalue weighted by molar-refractivity contribution is -0.152. The number of rotatable bonds is 7. The van der Waals surface area contributed by atoms with E-state index in [9.17, 15) is 20.1 Å². The molecule has 0 amide bonds. The summed E-state index contributed by atoms with van der Waals surface area (Å²) < 4.78 is 5.21. The summed E-state index contributed by atoms with van der Waals surface area (Å²) in [6.07, 6.45) is 5.45. The highest BCUT2D eigenvalue weighted by atomic mass is 16.5. The monoisotopic (exact) mass is 259 g/mol. The number of allylic oxidation sites excluding steroid dienone is 2. The normalized spacial score (nSPS) is 19.0. The summed E-state index contributed by atoms with van der Waals surface area (Å²) >= 11 is 0. The van der Waals surface area contributed by atoms with E-state index in [2.05, 4.69) is 0 Å². The Morgan fingerprint density at radius 3 is 2.22 bits per heavy atom. The van der Waals surface area contributed by atoms with Crippen LogP contribution in [-0.4, -0.2) is 69.4 Å². The lowest BCUT2D eigenvalue weighted by Crippen LogP contribution is -2.62. The predicted octanol–water partition coefficient (Wildman–Crippen LogP) is -1.49. The summed E-state index contributed by atoms with van der Waals surface area (Å²) in [4.78, 5) is 12.1. The number of hydrogen-bond acceptors (Lipinski definition) is 6. The number of aliphatic hydroxyl groups excluding tert-OH is 3. The van der Waals surface area contributed by atoms with Crippen molar-refractivity contribution in [2.45, 2.75) is 11.8 Å². The standard InChI is InChI=1S/C11H17NO6/c13-6-11(7-14,8-15)12(5-10(16)17)9-3-1-2-4-18-9/h1-4,9,13-15H,5-8H2,(H,16,17). The first kappa shape index (κ1) is 14.7. The molecule has 4 N–H and O–H groups in total. The number of aliphatic carboxylic acids is 1. The first-order chi connectivity index (χ1) is 8.59. The van der Waals surface area contributed by atoms with E-state index >= 15 is 0 Å². The van der Waals surface area contributed by atoms with Crippen molar-refractivity contribution in [3.8, 4) is 0 Å². The van der Waals surface area contributed by atoms with Crippen LogP contribution < -0.4 is 0 Å². The minimum Gasteiger partial charge on any atom is -0.480 e. The molecule has 102 valence electrons. The molecule has 0 aromatic carbocycles. The summed E-state index contributed by atoms with van der Waals surface area (Å²) in [5.41, 5.74) is -1.46. The maximum atomic E-state index is 10.9. The second-order valence-corrected chi connectivity index (χ2v) is 3.96. The average Bonchev–Trinajstić information content (AvgIpc) is 2.40. The third-order valence-electron chi connectivity index (χ3n) is 2.79. The highest BCUT2D eigenvalue weighted by Gasteiger charge is 2.41. The van der Waals surface area contributed by atoms with E-state index in [1.807, 2.05) is 0 Å². The third-order valence-corrected chi connectivity index (χ3v) is 2.79. The van der Waals surface area contributed by atoms with Gasteiger partial charge in [-0.05, 0) is 12.2 Å². The van der Waals surface area contributed by atoms with Gasteiger partial charge >= 0.3 is 5.97 Å². The molecule has 1 unspecified atom stereocenters. The molecule has 1 heterocycles. The molecule has 1 aliphatic heterocycles. The molecule has 0 radical (unpaired) electrons. The second kappa shape index (κ2) is 6.50. The van der Waals surface area contributed by atoms with Crippen molar-refractivity contribution >= 4 is 5.97 Å². The van der Waals surface area contributed by atoms with Crippen LogP contribution in [0.15, 0.2) is 24.5 Å². The van der Waals surface area contributed by atoms with Gasteiger partial charge in [0.15, 0.2) is 6.23 Å². The van der Waals surface area contributed by atoms with Crippen LogP contribution in [0.5, 0.6) is 0 Å². The number of carboxylic acid groups (broad SMARTS) is 1. The van der Waals surface area contributed by atoms with E-state index < -0.39 is 44.1 Å². The van der Waals surface area contributed by atoms with Gasteiger partial charge in [0.25, 0.3) is 0 Å². The number of hydrogen-bond donors (Lipinski definition) is 4. The van der Waals surface area contributed by atoms with Crippen molar-refractivity contribution in [2.75, 3.05) is 26.4 Å². The van der Waals surface area contributed by atoms with Crippen LogP contribution in [0.25, 0.3) is 0 Å². The largest absolute Gasteiger partial charge is 0.480 e. The van der Waals surface area contributed by atoms with Crippen molar-refractivity contribution in [1.82, 2.24) is 4.90 Å². The molecule has 0 bridgehead atoms. The highest BCUT2D eigenvalue weighted by Crippen LogP contribution is 2.21. The fraction of sp³-hybridized carbons (Fsp3) is 0.545. The minimum absolute atomic E-state index is 0.482. The SMILES string of the molecule is O=C(O)CN(C1C=CC=CO1)C(CO)(CO)CO. The van der Waals surface area contributed by atoms with E-state index in [1.54, 1.807) is 18.2 Å². The number of ether oxygens (including phenoxy) is 1. The number of aliphatic hydroxyl groups is 3. The van der Waals surface area contributed by atoms with Gasteiger partial charge < -0.3 is 25.2 Å². The Bertz CT molecular complexity index is 328. The summed E-state index contributed by atoms with van der Waals surface area (Å²) in [5, 5.41) is 36.9. The zero-order chi connectivity index (χ0) is 13.6. The molecule has 1 aliphatic rings. The molecule has 0 aromatic heterocycles. The molecule has 0 aromatic rings. The Morgan fingerprint density at radius 1 is 1.22 bits per heavy atom. The van der Waals surface area contributed by atoms with Gasteiger partial charge in [0.2, 0.25) is 0 Å². The van der Waals surface area contributed by atoms with Crippen molar-refractivity contribution in [2.24, 2.45) is 0 Å². The van der Waals surface area contributed by atoms with Crippen LogP contribution in [0.4, 0.5) is 0 Å². The highest BCUT2D eigenvalue weighted by molar-refractivity contribution is 5.69. The van der Waals surface area contributed by atoms with Gasteiger partial charge in [-0.2, -0.15) is 0 Å². The average molecular weight is 259 g/mol. The van der Waals surface area contributed by atoms with E-state index in [0.29, 0.717) is 0 Å². The molecule has 0 fully saturated rings. The van der Waals surface area contributed by atoms with Crippen LogP contribution in [0.1, 0.15) is 0 Å². The molecular formula is C11H17NO6. The van der Waals surface area contributed by atoms with Gasteiger partial charge in [0.1, 0.15) is 6.54 Å². The van der Waals surface area contributed by atoms with Crippen LogP contribution in [0.3, 0.4) is 0 Å². The van der Waals surface area contributed by atoms with Gasteiger partial charge in [-0.25, -0.2) is 4.90 Å². The van der Waals surface area contributed by atoms with Crippen molar-refractivity contribution < 1.29 is 30.0 Å². The zero-order valence-electron chi connectivity index (χ0n) is 9.77. The maximum absolute atomic E-state index is 10.9. The van der Waals surface area contributed by atoms with Crippen molar-refractivity contribution in [3.05, 3.63) is 24.5 Å². The first-order valence-electron chi connectivity index (χ1n) is 5.39. The van der Waals surface area contributed by atoms with Gasteiger partial charge in [-0.3, -0.25) is 4.79 Å². The second-order valence-electron chi connectivity index (χ2n) is 3.96. The van der Waals surface area contributed by atoms with Crippen LogP contribution >= 0.6 is 0 Å². The number of carboxylic acids is 1. The Labute approximate surface area is 104 Å². The van der Waals surface area contributed by atoms with Gasteiger partial charge in [-0.15, -0.1) is 0 Å². The van der Waals surface area contributed by atoms with Gasteiger partial charge in [0.05, 0.1) is 31.6 Å². The first-order valence-corrected chi connectivity index (χ1v) is 5.39. The summed E-state index contributed by atoms with van der Waals surface area (Å²) in [7, 11) is 0. The van der Waals surface area contributed by atoms with E-state index in [-0.39, 0.29) is 0 Å². The molecule has 1 atom stereocenters. The topological polar surface area (TPSA) is 110 Å². The zero-order valence-corrected chi connectivity index (χ0v) is 9.77. The molecule has 0 spiro atoms. The number of nitrogens with zero attached hydrogens (tertiary/aromatic N) is 1. The maximum Gasteiger partial charge on any atom is 0.317 e. The molecule has 1 rings (SSSR count). The third kappa shape index (κ3) is 3.08. The van der Waals surface area contributed by atoms with Gasteiger partial charge in [-0.1, -0.05) is 6.08 Å². The molecule has 7 nitrogen and oxygen atoms in total. The van der Waals surface area contributed by atoms with Crippen LogP contribution in [0.2, 0.25) is 0 Å². The Morgan fingerprint density at radius 2 is 1.83 bits per heavy atom. The van der Waals surface area contributed by atoms with E-state index in [0.717, 1.165) is 0 Å². The van der Waals surface area contributed by atoms with E-state index in [1.165, 1.54) is 11.2 Å². The summed E-state index contributed by atoms with van der Waals surface area (Å²) in [6, 6.07) is 0. The predicted molar refractivity (Wildman–Crippen MR) is 61.5 cm³/mol. The van der Waals surface area contributed by atoms with Crippen molar-refractivity contribution in [1.29, 1.82) is 0 Å². The minimum atomic E-state index is -1.46. The smallest absolute Gasteiger partial charge is 0.317 e. The lowest BCUT2D eigenvalue weighted by Gasteiger charge is -2.42. The summed E-state index contributed by atoms with van der Waals surface area (Å²) in [6.45, 7) is -2.26. The molecule has 7 heteroatoms. The molecule has 0 saturated heterocycles.